The molecule has 1 aromatic carbocycles. The zero-order valence-electron chi connectivity index (χ0n) is 22.1. The highest BCUT2D eigenvalue weighted by molar-refractivity contribution is 5.94. The third kappa shape index (κ3) is 5.09. The number of carbonyl (C=O) groups is 4. The third-order valence-electron chi connectivity index (χ3n) is 8.34. The van der Waals surface area contributed by atoms with Crippen LogP contribution in [0, 0.1) is 0 Å². The topological polar surface area (TPSA) is 137 Å². The van der Waals surface area contributed by atoms with E-state index in [1.807, 2.05) is 19.1 Å². The number of nitrogens with one attached hydrogen (secondary N) is 3. The second-order valence-electron chi connectivity index (χ2n) is 10.4. The van der Waals surface area contributed by atoms with Crippen LogP contribution in [-0.4, -0.2) is 70.9 Å². The van der Waals surface area contributed by atoms with Crippen molar-refractivity contribution in [1.82, 2.24) is 25.8 Å². The number of rotatable bonds is 6. The average Bonchev–Trinajstić information content (AvgIpc) is 3.28. The fourth-order valence-electron chi connectivity index (χ4n) is 6.42. The van der Waals surface area contributed by atoms with Gasteiger partial charge in [-0.15, -0.1) is 0 Å². The van der Waals surface area contributed by atoms with Gasteiger partial charge in [-0.1, -0.05) is 31.2 Å². The number of nitrogens with two attached hydrogens (primary N) is 1. The fourth-order valence-corrected chi connectivity index (χ4v) is 6.42. The van der Waals surface area contributed by atoms with Gasteiger partial charge in [-0.3, -0.25) is 24.5 Å². The lowest BCUT2D eigenvalue weighted by Crippen LogP contribution is -2.68. The van der Waals surface area contributed by atoms with Crippen LogP contribution < -0.4 is 21.7 Å². The lowest BCUT2D eigenvalue weighted by atomic mass is 9.87. The minimum absolute atomic E-state index is 0.119. The van der Waals surface area contributed by atoms with Gasteiger partial charge in [0.05, 0.1) is 6.04 Å². The van der Waals surface area contributed by atoms with Crippen LogP contribution in [0.1, 0.15) is 76.0 Å². The lowest BCUT2D eigenvalue weighted by Gasteiger charge is -2.50. The van der Waals surface area contributed by atoms with Crippen LogP contribution in [0.4, 0.5) is 0 Å². The smallest absolute Gasteiger partial charge is 0.252 e. The number of carbonyl (C=O) groups excluding carboxylic acids is 4. The molecule has 2 unspecified atom stereocenters. The van der Waals surface area contributed by atoms with Crippen LogP contribution in [0.2, 0.25) is 0 Å². The van der Waals surface area contributed by atoms with Crippen molar-refractivity contribution in [3.8, 4) is 0 Å². The van der Waals surface area contributed by atoms with Crippen LogP contribution in [0.15, 0.2) is 24.3 Å². The first-order valence-corrected chi connectivity index (χ1v) is 13.5. The number of hydrogen-bond donors (Lipinski definition) is 4. The number of benzene rings is 1. The molecule has 2 fully saturated rings. The van der Waals surface area contributed by atoms with Crippen molar-refractivity contribution in [3.05, 3.63) is 35.4 Å². The molecular weight excluding hydrogens is 472 g/mol. The first kappa shape index (κ1) is 27.1. The van der Waals surface area contributed by atoms with Gasteiger partial charge in [0.2, 0.25) is 17.7 Å². The maximum Gasteiger partial charge on any atom is 0.252 e. The summed E-state index contributed by atoms with van der Waals surface area (Å²) in [6, 6.07) is 6.47. The molecule has 4 amide bonds. The highest BCUT2D eigenvalue weighted by Crippen LogP contribution is 2.42. The number of nitrogens with zero attached hydrogens (tertiary/aromatic N) is 2. The Balaban J connectivity index is 1.65. The third-order valence-corrected chi connectivity index (χ3v) is 8.34. The number of fused-ring (bicyclic) bond motifs is 2. The summed E-state index contributed by atoms with van der Waals surface area (Å²) in [7, 11) is 1.57. The van der Waals surface area contributed by atoms with Crippen LogP contribution >= 0.6 is 0 Å². The van der Waals surface area contributed by atoms with Crippen molar-refractivity contribution in [3.63, 3.8) is 0 Å². The van der Waals surface area contributed by atoms with Crippen molar-refractivity contribution >= 4 is 23.6 Å². The summed E-state index contributed by atoms with van der Waals surface area (Å²) in [6.45, 7) is 3.90. The average molecular weight is 513 g/mol. The second-order valence-corrected chi connectivity index (χ2v) is 10.4. The largest absolute Gasteiger partial charge is 0.347 e. The Labute approximate surface area is 218 Å². The van der Waals surface area contributed by atoms with Gasteiger partial charge < -0.3 is 26.2 Å². The molecule has 5 atom stereocenters. The van der Waals surface area contributed by atoms with Gasteiger partial charge in [0.15, 0.2) is 0 Å². The standard InChI is InChI=1S/C27H40N6O4/c1-4-27-15-14-22(24(35)30-20-12-7-10-18-9-5-6-11-19(18)20)33(27)26(37)21(31-25(36)23(28)29-3)13-8-16-32(27)17(2)34/h5-6,9,11,20-23,29H,4,7-8,10,12-16,28H2,1-3H3,(H,30,35)(H,31,36)/t20?,21-,22+,23+,27?/m0/s1. The lowest BCUT2D eigenvalue weighted by molar-refractivity contribution is -0.164. The van der Waals surface area contributed by atoms with Gasteiger partial charge in [-0.2, -0.15) is 0 Å². The van der Waals surface area contributed by atoms with Crippen LogP contribution in [0.5, 0.6) is 0 Å². The van der Waals surface area contributed by atoms with Crippen LogP contribution in [-0.2, 0) is 25.6 Å². The first-order valence-electron chi connectivity index (χ1n) is 13.5. The van der Waals surface area contributed by atoms with Gasteiger partial charge in [-0.25, -0.2) is 0 Å². The molecule has 0 aromatic heterocycles. The summed E-state index contributed by atoms with van der Waals surface area (Å²) in [6.07, 6.45) is 4.19. The number of aryl methyl sites for hydroxylation is 1. The zero-order valence-corrected chi connectivity index (χ0v) is 22.1. The van der Waals surface area contributed by atoms with Gasteiger partial charge in [0.1, 0.15) is 23.9 Å². The van der Waals surface area contributed by atoms with Crippen LogP contribution in [0.25, 0.3) is 0 Å². The molecule has 2 aliphatic heterocycles. The summed E-state index contributed by atoms with van der Waals surface area (Å²) < 4.78 is 0. The monoisotopic (exact) mass is 512 g/mol. The molecule has 1 aliphatic carbocycles. The number of amides is 4. The highest BCUT2D eigenvalue weighted by atomic mass is 16.2. The van der Waals surface area contributed by atoms with Gasteiger partial charge in [0.25, 0.3) is 5.91 Å². The molecule has 1 aromatic rings. The molecule has 3 aliphatic rings. The Hall–Kier alpha value is -2.98. The SMILES string of the molecule is CCC12CC[C@H](C(=O)NC3CCCc4ccccc43)N1C(=O)[C@@H](NC(=O)[C@H](N)NC)CCCN2C(C)=O. The van der Waals surface area contributed by atoms with Gasteiger partial charge in [-0.05, 0) is 69.5 Å². The van der Waals surface area contributed by atoms with Crippen LogP contribution in [0.3, 0.4) is 0 Å². The number of hydrogen-bond acceptors (Lipinski definition) is 6. The highest BCUT2D eigenvalue weighted by Gasteiger charge is 2.56. The van der Waals surface area contributed by atoms with Gasteiger partial charge in [0, 0.05) is 13.5 Å². The maximum absolute atomic E-state index is 14.1. The summed E-state index contributed by atoms with van der Waals surface area (Å²) in [5.41, 5.74) is 7.27. The molecule has 10 nitrogen and oxygen atoms in total. The van der Waals surface area contributed by atoms with E-state index >= 15 is 0 Å². The summed E-state index contributed by atoms with van der Waals surface area (Å²) in [5.74, 6) is -1.16. The zero-order chi connectivity index (χ0) is 26.7. The molecular formula is C27H40N6O4. The summed E-state index contributed by atoms with van der Waals surface area (Å²) >= 11 is 0. The van der Waals surface area contributed by atoms with E-state index in [0.29, 0.717) is 38.6 Å². The predicted molar refractivity (Wildman–Crippen MR) is 139 cm³/mol. The van der Waals surface area contributed by atoms with E-state index in [-0.39, 0.29) is 23.8 Å². The molecule has 37 heavy (non-hydrogen) atoms. The predicted octanol–water partition coefficient (Wildman–Crippen LogP) is 0.909. The van der Waals surface area contributed by atoms with Gasteiger partial charge >= 0.3 is 0 Å². The Morgan fingerprint density at radius 2 is 1.84 bits per heavy atom. The molecule has 2 saturated heterocycles. The molecule has 10 heteroatoms. The van der Waals surface area contributed by atoms with E-state index in [4.69, 9.17) is 5.73 Å². The number of likely N-dealkylation sites (N-methyl/N-ethyl adjacent to an activating group) is 1. The normalized spacial score (nSPS) is 28.4. The van der Waals surface area contributed by atoms with Crippen molar-refractivity contribution in [1.29, 1.82) is 0 Å². The summed E-state index contributed by atoms with van der Waals surface area (Å²) in [5, 5.41) is 8.70. The Bertz CT molecular complexity index is 1050. The molecule has 5 N–H and O–H groups in total. The van der Waals surface area contributed by atoms with Crippen molar-refractivity contribution < 1.29 is 19.2 Å². The molecule has 0 bridgehead atoms. The Kier molecular flexibility index (Phi) is 8.18. The summed E-state index contributed by atoms with van der Waals surface area (Å²) in [4.78, 5) is 56.6. The van der Waals surface area contributed by atoms with E-state index in [1.165, 1.54) is 12.5 Å². The maximum atomic E-state index is 14.1. The fraction of sp³-hybridized carbons (Fsp3) is 0.630. The first-order chi connectivity index (χ1) is 17.7. The molecule has 2 heterocycles. The quantitative estimate of drug-likeness (QED) is 0.418. The molecule has 0 radical (unpaired) electrons. The van der Waals surface area contributed by atoms with Crippen molar-refractivity contribution in [2.24, 2.45) is 5.73 Å². The molecule has 202 valence electrons. The Morgan fingerprint density at radius 3 is 2.54 bits per heavy atom. The minimum Gasteiger partial charge on any atom is -0.347 e. The van der Waals surface area contributed by atoms with E-state index in [2.05, 4.69) is 28.1 Å². The second kappa shape index (κ2) is 11.2. The minimum atomic E-state index is -0.952. The van der Waals surface area contributed by atoms with E-state index in [9.17, 15) is 19.2 Å². The van der Waals surface area contributed by atoms with Crippen molar-refractivity contribution in [2.45, 2.75) is 95.2 Å². The molecule has 0 spiro atoms. The van der Waals surface area contributed by atoms with E-state index in [0.717, 1.165) is 24.8 Å². The molecule has 4 rings (SSSR count). The van der Waals surface area contributed by atoms with E-state index < -0.39 is 29.8 Å². The van der Waals surface area contributed by atoms with E-state index in [1.54, 1.807) is 16.8 Å². The Morgan fingerprint density at radius 1 is 1.11 bits per heavy atom. The van der Waals surface area contributed by atoms with Crippen molar-refractivity contribution in [2.75, 3.05) is 13.6 Å². The molecule has 0 saturated carbocycles.